The van der Waals surface area contributed by atoms with Gasteiger partial charge in [-0.1, -0.05) is 32.0 Å². The van der Waals surface area contributed by atoms with E-state index in [1.54, 1.807) is 6.07 Å². The number of nitrogens with zero attached hydrogens (tertiary/aromatic N) is 1. The fraction of sp³-hybridized carbons (Fsp3) is 0.412. The zero-order valence-corrected chi connectivity index (χ0v) is 12.8. The number of carbonyl (C=O) groups excluding carboxylic acids is 1. The maximum absolute atomic E-state index is 12.5. The summed E-state index contributed by atoms with van der Waals surface area (Å²) in [5, 5.41) is 13.2. The second-order valence-corrected chi connectivity index (χ2v) is 5.81. The van der Waals surface area contributed by atoms with E-state index in [4.69, 9.17) is 0 Å². The Morgan fingerprint density at radius 3 is 2.71 bits per heavy atom. The maximum Gasteiger partial charge on any atom is 0.253 e. The number of carbonyl (C=O) groups is 1. The molecule has 0 radical (unpaired) electrons. The smallest absolute Gasteiger partial charge is 0.253 e. The summed E-state index contributed by atoms with van der Waals surface area (Å²) < 4.78 is 0. The Hall–Kier alpha value is -1.94. The number of para-hydroxylation sites is 1. The predicted molar refractivity (Wildman–Crippen MR) is 84.3 cm³/mol. The third kappa shape index (κ3) is 3.79. The summed E-state index contributed by atoms with van der Waals surface area (Å²) >= 11 is 0. The molecule has 0 spiro atoms. The first kappa shape index (κ1) is 15.4. The number of benzene rings is 1. The van der Waals surface area contributed by atoms with Crippen molar-refractivity contribution >= 4 is 16.8 Å². The number of aliphatic hydroxyl groups is 1. The van der Waals surface area contributed by atoms with Gasteiger partial charge >= 0.3 is 0 Å². The number of aliphatic hydroxyl groups excluding tert-OH is 1. The number of fused-ring (bicyclic) bond motifs is 1. The molecule has 0 aliphatic carbocycles. The van der Waals surface area contributed by atoms with Crippen molar-refractivity contribution in [1.29, 1.82) is 0 Å². The quantitative estimate of drug-likeness (QED) is 0.888. The highest BCUT2D eigenvalue weighted by molar-refractivity contribution is 6.05. The molecule has 4 nitrogen and oxygen atoms in total. The molecule has 1 aromatic heterocycles. The second-order valence-electron chi connectivity index (χ2n) is 5.81. The van der Waals surface area contributed by atoms with E-state index in [2.05, 4.69) is 24.1 Å². The molecule has 1 aromatic carbocycles. The normalized spacial score (nSPS) is 12.6. The Labute approximate surface area is 125 Å². The Morgan fingerprint density at radius 1 is 1.29 bits per heavy atom. The first-order valence-electron chi connectivity index (χ1n) is 7.29. The van der Waals surface area contributed by atoms with Gasteiger partial charge < -0.3 is 10.4 Å². The molecule has 1 heterocycles. The molecule has 2 rings (SSSR count). The number of nitrogens with one attached hydrogen (secondary N) is 1. The van der Waals surface area contributed by atoms with Gasteiger partial charge in [0.1, 0.15) is 0 Å². The van der Waals surface area contributed by atoms with Gasteiger partial charge in [-0.25, -0.2) is 0 Å². The van der Waals surface area contributed by atoms with Gasteiger partial charge in [-0.05, 0) is 31.4 Å². The fourth-order valence-corrected chi connectivity index (χ4v) is 2.44. The molecule has 2 N–H and O–H groups in total. The SMILES string of the molecule is Cc1ccc2cccc(C(=O)NC(CO)CC(C)C)c2n1. The number of amides is 1. The highest BCUT2D eigenvalue weighted by Gasteiger charge is 2.16. The van der Waals surface area contributed by atoms with Crippen molar-refractivity contribution in [1.82, 2.24) is 10.3 Å². The van der Waals surface area contributed by atoms with Gasteiger partial charge in [0.05, 0.1) is 23.7 Å². The van der Waals surface area contributed by atoms with Crippen LogP contribution in [0.3, 0.4) is 0 Å². The summed E-state index contributed by atoms with van der Waals surface area (Å²) in [5.41, 5.74) is 2.14. The minimum absolute atomic E-state index is 0.0544. The fourth-order valence-electron chi connectivity index (χ4n) is 2.44. The molecule has 0 bridgehead atoms. The van der Waals surface area contributed by atoms with E-state index in [1.807, 2.05) is 31.2 Å². The lowest BCUT2D eigenvalue weighted by molar-refractivity contribution is 0.0910. The standard InChI is InChI=1S/C17H22N2O2/c1-11(2)9-14(10-20)19-17(21)15-6-4-5-13-8-7-12(3)18-16(13)15/h4-8,11,14,20H,9-10H2,1-3H3,(H,19,21). The molecule has 0 saturated heterocycles. The predicted octanol–water partition coefficient (Wildman–Crippen LogP) is 2.68. The molecular weight excluding hydrogens is 264 g/mol. The second kappa shape index (κ2) is 6.68. The van der Waals surface area contributed by atoms with Crippen molar-refractivity contribution in [3.05, 3.63) is 41.6 Å². The van der Waals surface area contributed by atoms with E-state index >= 15 is 0 Å². The Balaban J connectivity index is 2.28. The van der Waals surface area contributed by atoms with Crippen molar-refractivity contribution in [3.63, 3.8) is 0 Å². The molecular formula is C17H22N2O2. The molecule has 1 unspecified atom stereocenters. The zero-order valence-electron chi connectivity index (χ0n) is 12.8. The van der Waals surface area contributed by atoms with E-state index in [-0.39, 0.29) is 18.6 Å². The molecule has 21 heavy (non-hydrogen) atoms. The van der Waals surface area contributed by atoms with Gasteiger partial charge in [0.2, 0.25) is 0 Å². The van der Waals surface area contributed by atoms with E-state index in [0.29, 0.717) is 17.0 Å². The monoisotopic (exact) mass is 286 g/mol. The molecule has 0 fully saturated rings. The Bertz CT molecular complexity index is 638. The summed E-state index contributed by atoms with van der Waals surface area (Å²) in [6, 6.07) is 9.23. The largest absolute Gasteiger partial charge is 0.394 e. The van der Waals surface area contributed by atoms with E-state index in [1.165, 1.54) is 0 Å². The first-order chi connectivity index (χ1) is 10.0. The van der Waals surface area contributed by atoms with Crippen LogP contribution in [-0.2, 0) is 0 Å². The third-order valence-corrected chi connectivity index (χ3v) is 3.42. The minimum Gasteiger partial charge on any atom is -0.394 e. The van der Waals surface area contributed by atoms with Crippen LogP contribution in [0.2, 0.25) is 0 Å². The molecule has 1 atom stereocenters. The van der Waals surface area contributed by atoms with Crippen molar-refractivity contribution in [2.45, 2.75) is 33.2 Å². The molecule has 112 valence electrons. The van der Waals surface area contributed by atoms with Crippen LogP contribution in [0.25, 0.3) is 10.9 Å². The summed E-state index contributed by atoms with van der Waals surface area (Å²) in [6.07, 6.45) is 0.749. The number of aryl methyl sites for hydroxylation is 1. The van der Waals surface area contributed by atoms with Gasteiger partial charge in [-0.2, -0.15) is 0 Å². The van der Waals surface area contributed by atoms with Crippen molar-refractivity contribution in [2.24, 2.45) is 5.92 Å². The summed E-state index contributed by atoms with van der Waals surface area (Å²) in [6.45, 7) is 5.99. The lowest BCUT2D eigenvalue weighted by Gasteiger charge is -2.18. The molecule has 1 amide bonds. The van der Waals surface area contributed by atoms with Gasteiger partial charge in [0.15, 0.2) is 0 Å². The van der Waals surface area contributed by atoms with Gasteiger partial charge in [0, 0.05) is 11.1 Å². The van der Waals surface area contributed by atoms with Crippen LogP contribution >= 0.6 is 0 Å². The number of hydrogen-bond donors (Lipinski definition) is 2. The van der Waals surface area contributed by atoms with Crippen LogP contribution in [0.5, 0.6) is 0 Å². The Morgan fingerprint density at radius 2 is 2.05 bits per heavy atom. The number of hydrogen-bond acceptors (Lipinski definition) is 3. The Kier molecular flexibility index (Phi) is 4.91. The lowest BCUT2D eigenvalue weighted by Crippen LogP contribution is -2.38. The van der Waals surface area contributed by atoms with Crippen LogP contribution in [0.4, 0.5) is 0 Å². The topological polar surface area (TPSA) is 62.2 Å². The molecule has 0 saturated carbocycles. The van der Waals surface area contributed by atoms with Crippen LogP contribution in [0.1, 0.15) is 36.3 Å². The highest BCUT2D eigenvalue weighted by atomic mass is 16.3. The lowest BCUT2D eigenvalue weighted by atomic mass is 10.0. The van der Waals surface area contributed by atoms with E-state index in [0.717, 1.165) is 17.5 Å². The first-order valence-corrected chi connectivity index (χ1v) is 7.29. The summed E-state index contributed by atoms with van der Waals surface area (Å²) in [7, 11) is 0. The molecule has 4 heteroatoms. The average Bonchev–Trinajstić information content (AvgIpc) is 2.45. The zero-order chi connectivity index (χ0) is 15.4. The molecule has 2 aromatic rings. The van der Waals surface area contributed by atoms with Crippen LogP contribution in [0, 0.1) is 12.8 Å². The summed E-state index contributed by atoms with van der Waals surface area (Å²) in [4.78, 5) is 16.9. The van der Waals surface area contributed by atoms with Crippen LogP contribution < -0.4 is 5.32 Å². The van der Waals surface area contributed by atoms with E-state index in [9.17, 15) is 9.90 Å². The summed E-state index contributed by atoms with van der Waals surface area (Å²) in [5.74, 6) is 0.230. The van der Waals surface area contributed by atoms with Gasteiger partial charge in [-0.3, -0.25) is 9.78 Å². The van der Waals surface area contributed by atoms with Crippen LogP contribution in [-0.4, -0.2) is 28.6 Å². The highest BCUT2D eigenvalue weighted by Crippen LogP contribution is 2.17. The number of aromatic nitrogens is 1. The van der Waals surface area contributed by atoms with Crippen molar-refractivity contribution in [2.75, 3.05) is 6.61 Å². The average molecular weight is 286 g/mol. The molecule has 0 aliphatic rings. The van der Waals surface area contributed by atoms with Crippen molar-refractivity contribution < 1.29 is 9.90 Å². The minimum atomic E-state index is -0.224. The van der Waals surface area contributed by atoms with Gasteiger partial charge in [0.25, 0.3) is 5.91 Å². The van der Waals surface area contributed by atoms with Crippen LogP contribution in [0.15, 0.2) is 30.3 Å². The number of rotatable bonds is 5. The van der Waals surface area contributed by atoms with E-state index < -0.39 is 0 Å². The number of pyridine rings is 1. The third-order valence-electron chi connectivity index (χ3n) is 3.42. The molecule has 0 aliphatic heterocycles. The van der Waals surface area contributed by atoms with Gasteiger partial charge in [-0.15, -0.1) is 0 Å². The van der Waals surface area contributed by atoms with Crippen molar-refractivity contribution in [3.8, 4) is 0 Å². The maximum atomic E-state index is 12.5.